The number of aromatic amines is 1. The summed E-state index contributed by atoms with van der Waals surface area (Å²) in [7, 11) is 1.83. The van der Waals surface area contributed by atoms with Crippen molar-refractivity contribution in [1.29, 1.82) is 0 Å². The van der Waals surface area contributed by atoms with Crippen molar-refractivity contribution in [3.8, 4) is 22.5 Å². The Morgan fingerprint density at radius 3 is 2.54 bits per heavy atom. The van der Waals surface area contributed by atoms with E-state index in [4.69, 9.17) is 16.3 Å². The van der Waals surface area contributed by atoms with Crippen LogP contribution in [0.3, 0.4) is 0 Å². The van der Waals surface area contributed by atoms with Gasteiger partial charge in [-0.25, -0.2) is 4.98 Å². The second kappa shape index (κ2) is 12.1. The third-order valence-corrected chi connectivity index (χ3v) is 7.94. The average Bonchev–Trinajstić information content (AvgIpc) is 3.73. The van der Waals surface area contributed by atoms with Crippen LogP contribution in [0, 0.1) is 0 Å². The number of esters is 1. The predicted molar refractivity (Wildman–Crippen MR) is 150 cm³/mol. The van der Waals surface area contributed by atoms with Crippen LogP contribution >= 0.6 is 11.6 Å². The zero-order valence-corrected chi connectivity index (χ0v) is 23.2. The van der Waals surface area contributed by atoms with Gasteiger partial charge in [0.2, 0.25) is 5.82 Å². The molecule has 39 heavy (non-hydrogen) atoms. The van der Waals surface area contributed by atoms with Crippen molar-refractivity contribution < 1.29 is 9.53 Å². The predicted octanol–water partition coefficient (Wildman–Crippen LogP) is 5.35. The van der Waals surface area contributed by atoms with Crippen LogP contribution in [0.15, 0.2) is 48.5 Å². The summed E-state index contributed by atoms with van der Waals surface area (Å²) in [4.78, 5) is 17.7. The van der Waals surface area contributed by atoms with Crippen molar-refractivity contribution in [3.63, 3.8) is 0 Å². The Kier molecular flexibility index (Phi) is 8.38. The van der Waals surface area contributed by atoms with E-state index in [-0.39, 0.29) is 12.6 Å². The van der Waals surface area contributed by atoms with Gasteiger partial charge in [-0.2, -0.15) is 5.21 Å². The van der Waals surface area contributed by atoms with Crippen LogP contribution in [-0.2, 0) is 29.1 Å². The average molecular weight is 548 g/mol. The molecule has 0 aliphatic heterocycles. The SMILES string of the molecule is CCCCc1nc(Cl)c(COC(=O)C2(NC)CCCC2)n1Cc1ccc(-c2ccccc2-c2nn[nH]n2)cc1. The van der Waals surface area contributed by atoms with E-state index in [0.717, 1.165) is 78.7 Å². The minimum absolute atomic E-state index is 0.0936. The fraction of sp³-hybridized carbons (Fsp3) is 0.414. The van der Waals surface area contributed by atoms with E-state index < -0.39 is 5.54 Å². The van der Waals surface area contributed by atoms with Gasteiger partial charge < -0.3 is 14.6 Å². The molecule has 1 aliphatic rings. The molecule has 9 nitrogen and oxygen atoms in total. The number of hydrogen-bond acceptors (Lipinski definition) is 7. The van der Waals surface area contributed by atoms with Gasteiger partial charge in [-0.05, 0) is 48.2 Å². The largest absolute Gasteiger partial charge is 0.458 e. The lowest BCUT2D eigenvalue weighted by atomic mass is 9.98. The van der Waals surface area contributed by atoms with E-state index in [2.05, 4.69) is 66.7 Å². The molecule has 0 atom stereocenters. The van der Waals surface area contributed by atoms with Crippen LogP contribution in [0.1, 0.15) is 62.5 Å². The van der Waals surface area contributed by atoms with Crippen molar-refractivity contribution in [2.24, 2.45) is 0 Å². The first-order valence-corrected chi connectivity index (χ1v) is 13.9. The Bertz CT molecular complexity index is 1390. The number of rotatable bonds is 11. The molecule has 0 amide bonds. The lowest BCUT2D eigenvalue weighted by Crippen LogP contribution is -2.48. The number of tetrazole rings is 1. The molecule has 5 rings (SSSR count). The van der Waals surface area contributed by atoms with Crippen molar-refractivity contribution >= 4 is 17.6 Å². The van der Waals surface area contributed by atoms with Gasteiger partial charge in [-0.15, -0.1) is 10.2 Å². The van der Waals surface area contributed by atoms with Gasteiger partial charge >= 0.3 is 5.97 Å². The molecule has 1 aliphatic carbocycles. The van der Waals surface area contributed by atoms with E-state index in [1.807, 2.05) is 31.3 Å². The second-order valence-electron chi connectivity index (χ2n) is 10.0. The molecule has 2 aromatic carbocycles. The third kappa shape index (κ3) is 5.74. The first-order chi connectivity index (χ1) is 19.0. The Hall–Kier alpha value is -3.56. The molecule has 2 heterocycles. The number of unbranched alkanes of at least 4 members (excludes halogenated alkanes) is 1. The van der Waals surface area contributed by atoms with Crippen LogP contribution in [-0.4, -0.2) is 48.7 Å². The second-order valence-corrected chi connectivity index (χ2v) is 10.4. The smallest absolute Gasteiger partial charge is 0.326 e. The van der Waals surface area contributed by atoms with Gasteiger partial charge in [0.1, 0.15) is 18.0 Å². The molecule has 4 aromatic rings. The van der Waals surface area contributed by atoms with Crippen molar-refractivity contribution in [2.45, 2.75) is 70.6 Å². The van der Waals surface area contributed by atoms with Crippen molar-refractivity contribution in [1.82, 2.24) is 35.5 Å². The highest BCUT2D eigenvalue weighted by atomic mass is 35.5. The molecule has 1 fully saturated rings. The minimum Gasteiger partial charge on any atom is -0.458 e. The Labute approximate surface area is 233 Å². The number of aromatic nitrogens is 6. The number of benzene rings is 2. The van der Waals surface area contributed by atoms with Crippen LogP contribution < -0.4 is 5.32 Å². The highest BCUT2D eigenvalue weighted by Crippen LogP contribution is 2.32. The molecule has 0 radical (unpaired) electrons. The highest BCUT2D eigenvalue weighted by molar-refractivity contribution is 6.30. The van der Waals surface area contributed by atoms with Gasteiger partial charge in [0.25, 0.3) is 0 Å². The fourth-order valence-electron chi connectivity index (χ4n) is 5.34. The number of carbonyl (C=O) groups is 1. The number of hydrogen-bond donors (Lipinski definition) is 2. The molecule has 0 spiro atoms. The van der Waals surface area contributed by atoms with Gasteiger partial charge in [-0.3, -0.25) is 4.79 Å². The number of nitrogens with one attached hydrogen (secondary N) is 2. The van der Waals surface area contributed by atoms with Gasteiger partial charge in [-0.1, -0.05) is 86.3 Å². The molecule has 1 saturated carbocycles. The zero-order valence-electron chi connectivity index (χ0n) is 22.4. The molecule has 10 heteroatoms. The third-order valence-electron chi connectivity index (χ3n) is 7.64. The lowest BCUT2D eigenvalue weighted by Gasteiger charge is -2.26. The van der Waals surface area contributed by atoms with Crippen molar-refractivity contribution in [2.75, 3.05) is 7.05 Å². The standard InChI is InChI=1S/C29H34ClN7O2/c1-3-4-11-25-32-26(30)24(19-39-28(38)29(31-2)16-7-8-17-29)37(25)18-20-12-14-21(15-13-20)22-9-5-6-10-23(22)27-33-35-36-34-27/h5-6,9-10,12-15,31H,3-4,7-8,11,16-19H2,1-2H3,(H,33,34,35,36). The number of halogens is 1. The normalized spacial score (nSPS) is 14.5. The highest BCUT2D eigenvalue weighted by Gasteiger charge is 2.41. The number of ether oxygens (including phenoxy) is 1. The summed E-state index contributed by atoms with van der Waals surface area (Å²) in [5, 5.41) is 18.1. The van der Waals surface area contributed by atoms with Crippen LogP contribution in [0.2, 0.25) is 5.15 Å². The number of imidazole rings is 1. The molecule has 0 saturated heterocycles. The number of nitrogens with zero attached hydrogens (tertiary/aromatic N) is 5. The van der Waals surface area contributed by atoms with Crippen LogP contribution in [0.5, 0.6) is 0 Å². The molecule has 0 bridgehead atoms. The molecule has 204 valence electrons. The number of carbonyl (C=O) groups excluding carboxylic acids is 1. The van der Waals surface area contributed by atoms with E-state index >= 15 is 0 Å². The Morgan fingerprint density at radius 2 is 1.87 bits per heavy atom. The maximum Gasteiger partial charge on any atom is 0.326 e. The van der Waals surface area contributed by atoms with Gasteiger partial charge in [0.15, 0.2) is 5.15 Å². The zero-order chi connectivity index (χ0) is 27.2. The summed E-state index contributed by atoms with van der Waals surface area (Å²) < 4.78 is 7.95. The molecular formula is C29H34ClN7O2. The maximum absolute atomic E-state index is 13.0. The van der Waals surface area contributed by atoms with Crippen molar-refractivity contribution in [3.05, 3.63) is 70.8 Å². The number of likely N-dealkylation sites (N-methyl/N-ethyl adjacent to an activating group) is 1. The van der Waals surface area contributed by atoms with Crippen LogP contribution in [0.25, 0.3) is 22.5 Å². The van der Waals surface area contributed by atoms with Gasteiger partial charge in [0, 0.05) is 18.5 Å². The lowest BCUT2D eigenvalue weighted by molar-refractivity contribution is -0.152. The molecule has 2 aromatic heterocycles. The van der Waals surface area contributed by atoms with E-state index in [9.17, 15) is 4.79 Å². The maximum atomic E-state index is 13.0. The fourth-order valence-corrected chi connectivity index (χ4v) is 5.59. The summed E-state index contributed by atoms with van der Waals surface area (Å²) >= 11 is 6.62. The molecule has 2 N–H and O–H groups in total. The summed E-state index contributed by atoms with van der Waals surface area (Å²) in [5.74, 6) is 1.25. The van der Waals surface area contributed by atoms with Crippen LogP contribution in [0.4, 0.5) is 0 Å². The number of H-pyrrole nitrogens is 1. The first kappa shape index (κ1) is 27.0. The van der Waals surface area contributed by atoms with E-state index in [0.29, 0.717) is 17.5 Å². The summed E-state index contributed by atoms with van der Waals surface area (Å²) in [5.41, 5.74) is 4.21. The Balaban J connectivity index is 1.38. The molecular weight excluding hydrogens is 514 g/mol. The summed E-state index contributed by atoms with van der Waals surface area (Å²) in [6.45, 7) is 2.83. The van der Waals surface area contributed by atoms with E-state index in [1.54, 1.807) is 0 Å². The molecule has 0 unspecified atom stereocenters. The quantitative estimate of drug-likeness (QED) is 0.243. The number of aryl methyl sites for hydroxylation is 1. The topological polar surface area (TPSA) is 111 Å². The Morgan fingerprint density at radius 1 is 1.13 bits per heavy atom. The minimum atomic E-state index is -0.601. The summed E-state index contributed by atoms with van der Waals surface area (Å²) in [6, 6.07) is 16.4. The summed E-state index contributed by atoms with van der Waals surface area (Å²) in [6.07, 6.45) is 6.48. The van der Waals surface area contributed by atoms with E-state index in [1.165, 1.54) is 0 Å². The monoisotopic (exact) mass is 547 g/mol. The first-order valence-electron chi connectivity index (χ1n) is 13.6. The van der Waals surface area contributed by atoms with Gasteiger partial charge in [0.05, 0.1) is 5.69 Å².